The molecule has 0 amide bonds. The Morgan fingerprint density at radius 1 is 1.36 bits per heavy atom. The molecule has 1 aromatic carbocycles. The fourth-order valence-corrected chi connectivity index (χ4v) is 1.35. The fraction of sp³-hybridized carbons (Fsp3) is 0.273. The van der Waals surface area contributed by atoms with Crippen molar-refractivity contribution in [1.82, 2.24) is 10.1 Å². The van der Waals surface area contributed by atoms with Crippen molar-refractivity contribution >= 4 is 0 Å². The predicted octanol–water partition coefficient (Wildman–Crippen LogP) is 2.61. The molecule has 0 aliphatic carbocycles. The molecule has 72 valence electrons. The van der Waals surface area contributed by atoms with Gasteiger partial charge in [-0.3, -0.25) is 0 Å². The van der Waals surface area contributed by atoms with Crippen LogP contribution in [0.4, 0.5) is 0 Å². The number of nitrogens with zero attached hydrogens (tertiary/aromatic N) is 2. The van der Waals surface area contributed by atoms with Crippen LogP contribution in [0.25, 0.3) is 11.4 Å². The minimum absolute atomic E-state index is 0.599. The molecule has 14 heavy (non-hydrogen) atoms. The SMILES string of the molecule is CCc1cccc(-c2noc(C)n2)c1. The summed E-state index contributed by atoms with van der Waals surface area (Å²) in [5.74, 6) is 1.26. The van der Waals surface area contributed by atoms with Gasteiger partial charge in [0.25, 0.3) is 0 Å². The molecule has 2 rings (SSSR count). The second-order valence-electron chi connectivity index (χ2n) is 3.19. The van der Waals surface area contributed by atoms with Gasteiger partial charge in [-0.05, 0) is 18.1 Å². The molecule has 0 radical (unpaired) electrons. The van der Waals surface area contributed by atoms with E-state index in [4.69, 9.17) is 4.52 Å². The van der Waals surface area contributed by atoms with Crippen LogP contribution in [0.5, 0.6) is 0 Å². The number of aromatic nitrogens is 2. The quantitative estimate of drug-likeness (QED) is 0.727. The maximum absolute atomic E-state index is 4.93. The van der Waals surface area contributed by atoms with Gasteiger partial charge >= 0.3 is 0 Å². The molecule has 1 heterocycles. The molecule has 0 saturated heterocycles. The summed E-state index contributed by atoms with van der Waals surface area (Å²) in [7, 11) is 0. The lowest BCUT2D eigenvalue weighted by Gasteiger charge is -1.97. The van der Waals surface area contributed by atoms with E-state index in [-0.39, 0.29) is 0 Å². The molecular weight excluding hydrogens is 176 g/mol. The highest BCUT2D eigenvalue weighted by Crippen LogP contribution is 2.17. The van der Waals surface area contributed by atoms with Crippen LogP contribution in [0.2, 0.25) is 0 Å². The van der Waals surface area contributed by atoms with E-state index in [0.717, 1.165) is 12.0 Å². The summed E-state index contributed by atoms with van der Waals surface area (Å²) in [5, 5.41) is 3.88. The number of hydrogen-bond donors (Lipinski definition) is 0. The van der Waals surface area contributed by atoms with Crippen molar-refractivity contribution in [2.45, 2.75) is 20.3 Å². The molecule has 3 nitrogen and oxygen atoms in total. The van der Waals surface area contributed by atoms with E-state index in [1.807, 2.05) is 12.1 Å². The van der Waals surface area contributed by atoms with Gasteiger partial charge in [-0.25, -0.2) is 0 Å². The third-order valence-electron chi connectivity index (χ3n) is 2.12. The van der Waals surface area contributed by atoms with Crippen LogP contribution in [0.3, 0.4) is 0 Å². The van der Waals surface area contributed by atoms with Crippen molar-refractivity contribution in [3.63, 3.8) is 0 Å². The summed E-state index contributed by atoms with van der Waals surface area (Å²) in [6.45, 7) is 3.92. The summed E-state index contributed by atoms with van der Waals surface area (Å²) in [6, 6.07) is 8.18. The molecule has 0 saturated carbocycles. The number of hydrogen-bond acceptors (Lipinski definition) is 3. The number of aryl methyl sites for hydroxylation is 2. The Morgan fingerprint density at radius 3 is 2.86 bits per heavy atom. The second-order valence-corrected chi connectivity index (χ2v) is 3.19. The van der Waals surface area contributed by atoms with Gasteiger partial charge in [0.05, 0.1) is 0 Å². The molecule has 3 heteroatoms. The Balaban J connectivity index is 2.41. The summed E-state index contributed by atoms with van der Waals surface area (Å²) < 4.78 is 4.93. The topological polar surface area (TPSA) is 38.9 Å². The third kappa shape index (κ3) is 1.66. The normalized spacial score (nSPS) is 10.4. The molecule has 2 aromatic rings. The van der Waals surface area contributed by atoms with Gasteiger partial charge in [0, 0.05) is 12.5 Å². The van der Waals surface area contributed by atoms with Crippen molar-refractivity contribution in [2.75, 3.05) is 0 Å². The smallest absolute Gasteiger partial charge is 0.223 e. The van der Waals surface area contributed by atoms with Gasteiger partial charge in [-0.2, -0.15) is 4.98 Å². The molecule has 0 atom stereocenters. The molecular formula is C11H12N2O. The predicted molar refractivity (Wildman–Crippen MR) is 53.8 cm³/mol. The van der Waals surface area contributed by atoms with E-state index in [1.54, 1.807) is 6.92 Å². The molecule has 0 bridgehead atoms. The molecule has 1 aromatic heterocycles. The minimum atomic E-state index is 0.599. The standard InChI is InChI=1S/C11H12N2O/c1-3-9-5-4-6-10(7-9)11-12-8(2)14-13-11/h4-7H,3H2,1-2H3. The Morgan fingerprint density at radius 2 is 2.21 bits per heavy atom. The summed E-state index contributed by atoms with van der Waals surface area (Å²) in [6.07, 6.45) is 1.02. The molecule has 0 aliphatic heterocycles. The third-order valence-corrected chi connectivity index (χ3v) is 2.12. The van der Waals surface area contributed by atoms with Crippen LogP contribution in [0.1, 0.15) is 18.4 Å². The lowest BCUT2D eigenvalue weighted by Crippen LogP contribution is -1.84. The zero-order valence-electron chi connectivity index (χ0n) is 8.32. The zero-order valence-corrected chi connectivity index (χ0v) is 8.32. The van der Waals surface area contributed by atoms with E-state index in [0.29, 0.717) is 11.7 Å². The fourth-order valence-electron chi connectivity index (χ4n) is 1.35. The minimum Gasteiger partial charge on any atom is -0.339 e. The van der Waals surface area contributed by atoms with E-state index in [9.17, 15) is 0 Å². The van der Waals surface area contributed by atoms with Crippen LogP contribution in [-0.2, 0) is 6.42 Å². The summed E-state index contributed by atoms with van der Waals surface area (Å²) in [5.41, 5.74) is 2.30. The Bertz CT molecular complexity index is 434. The maximum atomic E-state index is 4.93. The first kappa shape index (κ1) is 8.94. The lowest BCUT2D eigenvalue weighted by atomic mass is 10.1. The molecule has 0 unspecified atom stereocenters. The second kappa shape index (κ2) is 3.62. The zero-order chi connectivity index (χ0) is 9.97. The van der Waals surface area contributed by atoms with Crippen LogP contribution in [0.15, 0.2) is 28.8 Å². The largest absolute Gasteiger partial charge is 0.339 e. The molecule has 0 fully saturated rings. The van der Waals surface area contributed by atoms with Gasteiger partial charge < -0.3 is 4.52 Å². The van der Waals surface area contributed by atoms with Gasteiger partial charge in [-0.15, -0.1) is 0 Å². The van der Waals surface area contributed by atoms with Crippen molar-refractivity contribution < 1.29 is 4.52 Å². The number of benzene rings is 1. The summed E-state index contributed by atoms with van der Waals surface area (Å²) >= 11 is 0. The molecule has 0 spiro atoms. The maximum Gasteiger partial charge on any atom is 0.223 e. The average Bonchev–Trinajstić information content (AvgIpc) is 2.65. The van der Waals surface area contributed by atoms with Gasteiger partial charge in [-0.1, -0.05) is 30.3 Å². The highest BCUT2D eigenvalue weighted by atomic mass is 16.5. The van der Waals surface area contributed by atoms with Gasteiger partial charge in [0.2, 0.25) is 11.7 Å². The molecule has 0 aliphatic rings. The van der Waals surface area contributed by atoms with Crippen LogP contribution < -0.4 is 0 Å². The van der Waals surface area contributed by atoms with Gasteiger partial charge in [0.15, 0.2) is 0 Å². The highest BCUT2D eigenvalue weighted by Gasteiger charge is 2.04. The Labute approximate surface area is 82.8 Å². The van der Waals surface area contributed by atoms with Crippen LogP contribution >= 0.6 is 0 Å². The van der Waals surface area contributed by atoms with Crippen molar-refractivity contribution in [2.24, 2.45) is 0 Å². The van der Waals surface area contributed by atoms with Crippen molar-refractivity contribution in [1.29, 1.82) is 0 Å². The van der Waals surface area contributed by atoms with Crippen LogP contribution in [0, 0.1) is 6.92 Å². The molecule has 0 N–H and O–H groups in total. The highest BCUT2D eigenvalue weighted by molar-refractivity contribution is 5.55. The van der Waals surface area contributed by atoms with Gasteiger partial charge in [0.1, 0.15) is 0 Å². The Hall–Kier alpha value is -1.64. The van der Waals surface area contributed by atoms with E-state index >= 15 is 0 Å². The first-order valence-corrected chi connectivity index (χ1v) is 4.69. The monoisotopic (exact) mass is 188 g/mol. The van der Waals surface area contributed by atoms with Crippen molar-refractivity contribution in [3.05, 3.63) is 35.7 Å². The van der Waals surface area contributed by atoms with Crippen LogP contribution in [-0.4, -0.2) is 10.1 Å². The Kier molecular flexibility index (Phi) is 2.31. The summed E-state index contributed by atoms with van der Waals surface area (Å²) in [4.78, 5) is 4.18. The first-order chi connectivity index (χ1) is 6.79. The van der Waals surface area contributed by atoms with E-state index in [1.165, 1.54) is 5.56 Å². The lowest BCUT2D eigenvalue weighted by molar-refractivity contribution is 0.394. The van der Waals surface area contributed by atoms with E-state index < -0.39 is 0 Å². The number of rotatable bonds is 2. The van der Waals surface area contributed by atoms with Crippen molar-refractivity contribution in [3.8, 4) is 11.4 Å². The first-order valence-electron chi connectivity index (χ1n) is 4.69. The van der Waals surface area contributed by atoms with E-state index in [2.05, 4.69) is 29.2 Å². The average molecular weight is 188 g/mol.